The largest absolute Gasteiger partial charge is 0.395 e. The molecule has 0 radical (unpaired) electrons. The molecule has 0 fully saturated rings. The number of nitrogens with zero attached hydrogens (tertiary/aromatic N) is 2. The highest BCUT2D eigenvalue weighted by atomic mass is 35.5. The van der Waals surface area contributed by atoms with Crippen molar-refractivity contribution in [2.24, 2.45) is 0 Å². The van der Waals surface area contributed by atoms with E-state index in [1.54, 1.807) is 30.3 Å². The molecule has 1 aromatic heterocycles. The van der Waals surface area contributed by atoms with Gasteiger partial charge in [0.2, 0.25) is 0 Å². The fourth-order valence-corrected chi connectivity index (χ4v) is 3.55. The van der Waals surface area contributed by atoms with Crippen LogP contribution in [0.2, 0.25) is 10.0 Å². The summed E-state index contributed by atoms with van der Waals surface area (Å²) in [4.78, 5) is 15.2. The maximum Gasteiger partial charge on any atom is 0.272 e. The molecule has 0 spiro atoms. The number of para-hydroxylation sites is 1. The second kappa shape index (κ2) is 9.31. The van der Waals surface area contributed by atoms with E-state index in [1.807, 2.05) is 11.4 Å². The Balaban J connectivity index is 1.65. The number of nitro groups is 1. The van der Waals surface area contributed by atoms with Crippen molar-refractivity contribution >= 4 is 45.4 Å². The molecule has 3 rings (SSSR count). The van der Waals surface area contributed by atoms with Crippen LogP contribution >= 0.6 is 34.5 Å². The Kier molecular flexibility index (Phi) is 6.82. The third kappa shape index (κ3) is 4.98. The molecule has 7 nitrogen and oxygen atoms in total. The minimum atomic E-state index is -0.432. The van der Waals surface area contributed by atoms with E-state index in [-0.39, 0.29) is 18.7 Å². The molecule has 0 aliphatic carbocycles. The summed E-state index contributed by atoms with van der Waals surface area (Å²) in [5.41, 5.74) is 8.04. The van der Waals surface area contributed by atoms with Gasteiger partial charge < -0.3 is 5.11 Å². The van der Waals surface area contributed by atoms with E-state index in [9.17, 15) is 15.2 Å². The van der Waals surface area contributed by atoms with Gasteiger partial charge in [-0.25, -0.2) is 10.4 Å². The lowest BCUT2D eigenvalue weighted by Gasteiger charge is -2.16. The van der Waals surface area contributed by atoms with Crippen molar-refractivity contribution in [3.8, 4) is 11.3 Å². The van der Waals surface area contributed by atoms with Gasteiger partial charge in [-0.3, -0.25) is 15.5 Å². The molecular formula is C18H16Cl2N4O3S. The fraction of sp³-hybridized carbons (Fsp3) is 0.167. The minimum Gasteiger partial charge on any atom is -0.395 e. The lowest BCUT2D eigenvalue weighted by atomic mass is 10.1. The van der Waals surface area contributed by atoms with E-state index in [4.69, 9.17) is 23.2 Å². The van der Waals surface area contributed by atoms with Crippen LogP contribution in [0.15, 0.2) is 47.8 Å². The molecule has 0 aliphatic heterocycles. The Morgan fingerprint density at radius 3 is 2.71 bits per heavy atom. The Hall–Kier alpha value is -2.23. The number of aromatic nitrogens is 1. The number of benzene rings is 2. The first kappa shape index (κ1) is 20.5. The summed E-state index contributed by atoms with van der Waals surface area (Å²) in [5.74, 6) is 0. The number of halogens is 2. The van der Waals surface area contributed by atoms with Crippen molar-refractivity contribution in [1.82, 2.24) is 10.4 Å². The third-order valence-corrected chi connectivity index (χ3v) is 5.47. The van der Waals surface area contributed by atoms with Gasteiger partial charge in [0.1, 0.15) is 0 Å². The van der Waals surface area contributed by atoms with E-state index in [0.29, 0.717) is 20.7 Å². The SMILES string of the molecule is O=[N+]([O-])c1ccccc1CC(CO)NNc1nc(-c2ccc(Cl)c(Cl)c2)cs1. The fourth-order valence-electron chi connectivity index (χ4n) is 2.57. The van der Waals surface area contributed by atoms with Gasteiger partial charge in [-0.05, 0) is 18.6 Å². The number of rotatable bonds is 8. The molecule has 146 valence electrons. The zero-order valence-electron chi connectivity index (χ0n) is 14.4. The summed E-state index contributed by atoms with van der Waals surface area (Å²) in [6, 6.07) is 11.3. The minimum absolute atomic E-state index is 0.0268. The van der Waals surface area contributed by atoms with E-state index in [1.165, 1.54) is 17.4 Å². The summed E-state index contributed by atoms with van der Waals surface area (Å²) in [6.45, 7) is -0.204. The predicted octanol–water partition coefficient (Wildman–Crippen LogP) is 4.55. The van der Waals surface area contributed by atoms with Gasteiger partial charge >= 0.3 is 0 Å². The number of hydrogen-bond acceptors (Lipinski definition) is 7. The third-order valence-electron chi connectivity index (χ3n) is 3.98. The Morgan fingerprint density at radius 2 is 2.00 bits per heavy atom. The molecular weight excluding hydrogens is 423 g/mol. The maximum absolute atomic E-state index is 11.1. The number of nitrogens with one attached hydrogen (secondary N) is 2. The summed E-state index contributed by atoms with van der Waals surface area (Å²) in [7, 11) is 0. The van der Waals surface area contributed by atoms with Crippen molar-refractivity contribution in [2.75, 3.05) is 12.0 Å². The highest BCUT2D eigenvalue weighted by Gasteiger charge is 2.17. The van der Waals surface area contributed by atoms with E-state index in [2.05, 4.69) is 15.8 Å². The Morgan fingerprint density at radius 1 is 1.21 bits per heavy atom. The molecule has 28 heavy (non-hydrogen) atoms. The molecule has 2 aromatic carbocycles. The monoisotopic (exact) mass is 438 g/mol. The zero-order chi connectivity index (χ0) is 20.1. The summed E-state index contributed by atoms with van der Waals surface area (Å²) in [5, 5.41) is 24.1. The van der Waals surface area contributed by atoms with Crippen LogP contribution in [0.25, 0.3) is 11.3 Å². The Labute approximate surface area is 175 Å². The number of anilines is 1. The number of aliphatic hydroxyl groups excluding tert-OH is 1. The molecule has 1 atom stereocenters. The number of hydrogen-bond donors (Lipinski definition) is 3. The molecule has 0 saturated carbocycles. The average Bonchev–Trinajstić information content (AvgIpc) is 3.16. The lowest BCUT2D eigenvalue weighted by molar-refractivity contribution is -0.385. The smallest absolute Gasteiger partial charge is 0.272 e. The van der Waals surface area contributed by atoms with Crippen LogP contribution in [0, 0.1) is 10.1 Å². The van der Waals surface area contributed by atoms with Crippen LogP contribution < -0.4 is 10.9 Å². The summed E-state index contributed by atoms with van der Waals surface area (Å²) in [6.07, 6.45) is 0.283. The Bertz CT molecular complexity index is 983. The lowest BCUT2D eigenvalue weighted by Crippen LogP contribution is -2.38. The predicted molar refractivity (Wildman–Crippen MR) is 112 cm³/mol. The van der Waals surface area contributed by atoms with Gasteiger partial charge in [0.15, 0.2) is 5.13 Å². The average molecular weight is 439 g/mol. The van der Waals surface area contributed by atoms with Crippen molar-refractivity contribution in [3.05, 3.63) is 73.6 Å². The van der Waals surface area contributed by atoms with Gasteiger partial charge in [0.25, 0.3) is 5.69 Å². The van der Waals surface area contributed by atoms with Crippen LogP contribution in [-0.4, -0.2) is 27.7 Å². The zero-order valence-corrected chi connectivity index (χ0v) is 16.8. The van der Waals surface area contributed by atoms with E-state index in [0.717, 1.165) is 11.3 Å². The van der Waals surface area contributed by atoms with Gasteiger partial charge in [0.05, 0.1) is 33.3 Å². The van der Waals surface area contributed by atoms with Gasteiger partial charge in [-0.15, -0.1) is 11.3 Å². The van der Waals surface area contributed by atoms with Crippen molar-refractivity contribution in [1.29, 1.82) is 0 Å². The van der Waals surface area contributed by atoms with Crippen molar-refractivity contribution in [3.63, 3.8) is 0 Å². The van der Waals surface area contributed by atoms with E-state index < -0.39 is 11.0 Å². The summed E-state index contributed by atoms with van der Waals surface area (Å²) >= 11 is 13.3. The number of aliphatic hydroxyl groups is 1. The van der Waals surface area contributed by atoms with Crippen LogP contribution in [0.5, 0.6) is 0 Å². The molecule has 1 heterocycles. The molecule has 0 bridgehead atoms. The van der Waals surface area contributed by atoms with Crippen molar-refractivity contribution < 1.29 is 10.0 Å². The van der Waals surface area contributed by atoms with Gasteiger partial charge in [0, 0.05) is 22.6 Å². The topological polar surface area (TPSA) is 100 Å². The molecule has 0 saturated heterocycles. The highest BCUT2D eigenvalue weighted by Crippen LogP contribution is 2.30. The molecule has 3 N–H and O–H groups in total. The second-order valence-electron chi connectivity index (χ2n) is 5.91. The van der Waals surface area contributed by atoms with Gasteiger partial charge in [-0.2, -0.15) is 0 Å². The molecule has 1 unspecified atom stereocenters. The van der Waals surface area contributed by atoms with E-state index >= 15 is 0 Å². The number of thiazole rings is 1. The first-order chi connectivity index (χ1) is 13.5. The first-order valence-electron chi connectivity index (χ1n) is 8.23. The standard InChI is InChI=1S/C18H16Cl2N4O3S/c19-14-6-5-11(8-15(14)20)16-10-28-18(21-16)23-22-13(9-25)7-12-3-1-2-4-17(12)24(26)27/h1-6,8,10,13,22,25H,7,9H2,(H,21,23). The van der Waals surface area contributed by atoms with Crippen LogP contribution in [0.4, 0.5) is 10.8 Å². The summed E-state index contributed by atoms with van der Waals surface area (Å²) < 4.78 is 0. The normalized spacial score (nSPS) is 12.0. The van der Waals surface area contributed by atoms with Crippen molar-refractivity contribution in [2.45, 2.75) is 12.5 Å². The van der Waals surface area contributed by atoms with Crippen LogP contribution in [0.1, 0.15) is 5.56 Å². The van der Waals surface area contributed by atoms with Gasteiger partial charge in [-0.1, -0.05) is 47.5 Å². The first-order valence-corrected chi connectivity index (χ1v) is 9.87. The molecule has 3 aromatic rings. The van der Waals surface area contributed by atoms with Crippen LogP contribution in [-0.2, 0) is 6.42 Å². The highest BCUT2D eigenvalue weighted by molar-refractivity contribution is 7.14. The molecule has 0 amide bonds. The molecule has 10 heteroatoms. The number of hydrazine groups is 1. The number of nitro benzene ring substituents is 1. The van der Waals surface area contributed by atoms with Crippen LogP contribution in [0.3, 0.4) is 0 Å². The molecule has 0 aliphatic rings. The second-order valence-corrected chi connectivity index (χ2v) is 7.58. The quantitative estimate of drug-likeness (QED) is 0.352. The maximum atomic E-state index is 11.1.